The van der Waals surface area contributed by atoms with Crippen LogP contribution in [0.2, 0.25) is 0 Å². The minimum Gasteiger partial charge on any atom is -0.505 e. The number of benzene rings is 1. The van der Waals surface area contributed by atoms with Crippen molar-refractivity contribution in [3.63, 3.8) is 0 Å². The van der Waals surface area contributed by atoms with Gasteiger partial charge in [0, 0.05) is 0 Å². The lowest BCUT2D eigenvalue weighted by molar-refractivity contribution is 0.468. The summed E-state index contributed by atoms with van der Waals surface area (Å²) >= 11 is 3.32. The first-order chi connectivity index (χ1) is 7.22. The Morgan fingerprint density at radius 2 is 2.00 bits per heavy atom. The molecule has 1 aromatic carbocycles. The summed E-state index contributed by atoms with van der Waals surface area (Å²) in [6.07, 6.45) is 4.02. The van der Waals surface area contributed by atoms with Crippen molar-refractivity contribution in [2.45, 2.75) is 13.3 Å². The topological polar surface area (TPSA) is 50.9 Å². The van der Waals surface area contributed by atoms with E-state index in [1.807, 2.05) is 12.1 Å². The summed E-state index contributed by atoms with van der Waals surface area (Å²) in [5, 5.41) is 17.3. The van der Waals surface area contributed by atoms with E-state index >= 15 is 0 Å². The van der Waals surface area contributed by atoms with Crippen molar-refractivity contribution in [3.8, 4) is 11.4 Å². The molecule has 0 aliphatic heterocycles. The van der Waals surface area contributed by atoms with Crippen LogP contribution in [0.25, 0.3) is 5.69 Å². The molecule has 5 heteroatoms. The normalized spacial score (nSPS) is 10.5. The zero-order valence-corrected chi connectivity index (χ0v) is 9.77. The summed E-state index contributed by atoms with van der Waals surface area (Å²) in [5.41, 5.74) is 1.83. The Labute approximate surface area is 95.7 Å². The minimum absolute atomic E-state index is 0.201. The van der Waals surface area contributed by atoms with Crippen LogP contribution < -0.4 is 0 Å². The smallest absolute Gasteiger partial charge is 0.153 e. The highest BCUT2D eigenvalue weighted by Gasteiger charge is 2.09. The van der Waals surface area contributed by atoms with Crippen molar-refractivity contribution in [2.24, 2.45) is 0 Å². The summed E-state index contributed by atoms with van der Waals surface area (Å²) in [6.45, 7) is 2.06. The number of halogens is 1. The van der Waals surface area contributed by atoms with Crippen molar-refractivity contribution in [1.29, 1.82) is 0 Å². The number of aromatic hydroxyl groups is 1. The van der Waals surface area contributed by atoms with Gasteiger partial charge >= 0.3 is 0 Å². The molecular formula is C10H10BrN3O. The highest BCUT2D eigenvalue weighted by molar-refractivity contribution is 9.10. The Kier molecular flexibility index (Phi) is 2.73. The van der Waals surface area contributed by atoms with Crippen LogP contribution in [0.5, 0.6) is 5.75 Å². The maximum Gasteiger partial charge on any atom is 0.153 e. The summed E-state index contributed by atoms with van der Waals surface area (Å²) in [4.78, 5) is 0. The highest BCUT2D eigenvalue weighted by Crippen LogP contribution is 2.32. The lowest BCUT2D eigenvalue weighted by Gasteiger charge is -2.08. The molecule has 0 atom stereocenters. The van der Waals surface area contributed by atoms with Gasteiger partial charge in [-0.3, -0.25) is 4.57 Å². The van der Waals surface area contributed by atoms with Gasteiger partial charge in [-0.1, -0.05) is 6.92 Å². The first-order valence-electron chi connectivity index (χ1n) is 4.58. The summed E-state index contributed by atoms with van der Waals surface area (Å²) in [6, 6.07) is 3.83. The maximum absolute atomic E-state index is 9.87. The zero-order chi connectivity index (χ0) is 10.8. The minimum atomic E-state index is 0.201. The molecular weight excluding hydrogens is 258 g/mol. The van der Waals surface area contributed by atoms with Crippen molar-refractivity contribution in [3.05, 3.63) is 34.8 Å². The van der Waals surface area contributed by atoms with E-state index in [2.05, 4.69) is 33.1 Å². The molecule has 15 heavy (non-hydrogen) atoms. The van der Waals surface area contributed by atoms with Crippen molar-refractivity contribution in [2.75, 3.05) is 0 Å². The molecule has 4 nitrogen and oxygen atoms in total. The fourth-order valence-corrected chi connectivity index (χ4v) is 1.86. The second kappa shape index (κ2) is 4.02. The van der Waals surface area contributed by atoms with E-state index in [1.165, 1.54) is 0 Å². The molecule has 0 radical (unpaired) electrons. The summed E-state index contributed by atoms with van der Waals surface area (Å²) in [7, 11) is 0. The maximum atomic E-state index is 9.87. The molecule has 2 rings (SSSR count). The number of hydrogen-bond acceptors (Lipinski definition) is 3. The van der Waals surface area contributed by atoms with Crippen LogP contribution in [0, 0.1) is 0 Å². The van der Waals surface area contributed by atoms with Gasteiger partial charge in [0.1, 0.15) is 12.7 Å². The van der Waals surface area contributed by atoms with Crippen LogP contribution in [-0.4, -0.2) is 19.9 Å². The van der Waals surface area contributed by atoms with Crippen LogP contribution in [0.1, 0.15) is 12.5 Å². The van der Waals surface area contributed by atoms with Gasteiger partial charge in [0.25, 0.3) is 0 Å². The average molecular weight is 268 g/mol. The molecule has 2 aromatic rings. The first-order valence-corrected chi connectivity index (χ1v) is 5.38. The van der Waals surface area contributed by atoms with E-state index in [1.54, 1.807) is 17.2 Å². The first kappa shape index (κ1) is 10.2. The summed E-state index contributed by atoms with van der Waals surface area (Å²) < 4.78 is 2.37. The van der Waals surface area contributed by atoms with Crippen LogP contribution in [0.4, 0.5) is 0 Å². The van der Waals surface area contributed by atoms with Crippen LogP contribution >= 0.6 is 15.9 Å². The quantitative estimate of drug-likeness (QED) is 0.909. The predicted molar refractivity (Wildman–Crippen MR) is 60.1 cm³/mol. The lowest BCUT2D eigenvalue weighted by Crippen LogP contribution is -1.93. The SMILES string of the molecule is CCc1cc(Br)c(O)c(-n2cnnc2)c1. The molecule has 0 aliphatic carbocycles. The Balaban J connectivity index is 2.60. The fraction of sp³-hybridized carbons (Fsp3) is 0.200. The number of nitrogens with zero attached hydrogens (tertiary/aromatic N) is 3. The zero-order valence-electron chi connectivity index (χ0n) is 8.18. The molecule has 78 valence electrons. The molecule has 0 unspecified atom stereocenters. The van der Waals surface area contributed by atoms with Gasteiger partial charge < -0.3 is 5.11 Å². The largest absolute Gasteiger partial charge is 0.505 e. The van der Waals surface area contributed by atoms with Gasteiger partial charge in [0.15, 0.2) is 5.75 Å². The van der Waals surface area contributed by atoms with Gasteiger partial charge in [0.2, 0.25) is 0 Å². The lowest BCUT2D eigenvalue weighted by atomic mass is 10.1. The summed E-state index contributed by atoms with van der Waals surface area (Å²) in [5.74, 6) is 0.201. The third-order valence-electron chi connectivity index (χ3n) is 2.21. The molecule has 1 aromatic heterocycles. The van der Waals surface area contributed by atoms with E-state index < -0.39 is 0 Å². The number of aromatic nitrogens is 3. The number of aryl methyl sites for hydroxylation is 1. The number of hydrogen-bond donors (Lipinski definition) is 1. The Morgan fingerprint density at radius 3 is 2.60 bits per heavy atom. The molecule has 0 saturated carbocycles. The van der Waals surface area contributed by atoms with Crippen LogP contribution in [0.3, 0.4) is 0 Å². The molecule has 1 N–H and O–H groups in total. The van der Waals surface area contributed by atoms with Crippen molar-refractivity contribution in [1.82, 2.24) is 14.8 Å². The van der Waals surface area contributed by atoms with E-state index in [4.69, 9.17) is 0 Å². The molecule has 0 fully saturated rings. The molecule has 0 saturated heterocycles. The van der Waals surface area contributed by atoms with E-state index in [0.29, 0.717) is 10.2 Å². The van der Waals surface area contributed by atoms with Crippen LogP contribution in [-0.2, 0) is 6.42 Å². The third kappa shape index (κ3) is 1.87. The van der Waals surface area contributed by atoms with Crippen molar-refractivity contribution < 1.29 is 5.11 Å². The molecule has 0 aliphatic rings. The van der Waals surface area contributed by atoms with E-state index in [0.717, 1.165) is 12.0 Å². The van der Waals surface area contributed by atoms with Crippen LogP contribution in [0.15, 0.2) is 29.3 Å². The molecule has 1 heterocycles. The average Bonchev–Trinajstić information content (AvgIpc) is 2.75. The second-order valence-corrected chi connectivity index (χ2v) is 4.02. The van der Waals surface area contributed by atoms with Gasteiger partial charge in [-0.05, 0) is 40.0 Å². The molecule has 0 amide bonds. The number of phenols is 1. The Hall–Kier alpha value is -1.36. The van der Waals surface area contributed by atoms with E-state index in [-0.39, 0.29) is 5.75 Å². The fourth-order valence-electron chi connectivity index (χ4n) is 1.37. The van der Waals surface area contributed by atoms with E-state index in [9.17, 15) is 5.11 Å². The molecule has 0 spiro atoms. The Bertz CT molecular complexity index is 468. The molecule has 0 bridgehead atoms. The third-order valence-corrected chi connectivity index (χ3v) is 2.81. The van der Waals surface area contributed by atoms with Gasteiger partial charge in [-0.15, -0.1) is 10.2 Å². The standard InChI is InChI=1S/C10H10BrN3O/c1-2-7-3-8(11)10(15)9(4-7)14-5-12-13-6-14/h3-6,15H,2H2,1H3. The second-order valence-electron chi connectivity index (χ2n) is 3.17. The number of phenolic OH excluding ortho intramolecular Hbond substituents is 1. The Morgan fingerprint density at radius 1 is 1.33 bits per heavy atom. The van der Waals surface area contributed by atoms with Gasteiger partial charge in [-0.25, -0.2) is 0 Å². The monoisotopic (exact) mass is 267 g/mol. The van der Waals surface area contributed by atoms with Crippen molar-refractivity contribution >= 4 is 15.9 Å². The van der Waals surface area contributed by atoms with Gasteiger partial charge in [0.05, 0.1) is 10.2 Å². The van der Waals surface area contributed by atoms with Gasteiger partial charge in [-0.2, -0.15) is 0 Å². The predicted octanol–water partition coefficient (Wildman–Crippen LogP) is 2.30. The number of rotatable bonds is 2. The highest BCUT2D eigenvalue weighted by atomic mass is 79.9.